The van der Waals surface area contributed by atoms with Crippen molar-refractivity contribution in [2.24, 2.45) is 0 Å². The molecule has 3 nitrogen and oxygen atoms in total. The SMILES string of the molecule is CCCC(C)NCC(C)n1ccnc1-c1cccs1. The first kappa shape index (κ1) is 14.3. The fraction of sp³-hybridized carbons (Fsp3) is 0.533. The normalized spacial score (nSPS) is 14.5. The standard InChI is InChI=1S/C15H23N3S/c1-4-6-12(2)17-11-13(3)18-9-8-16-15(18)14-7-5-10-19-14/h5,7-10,12-13,17H,4,6,11H2,1-3H3. The molecule has 0 saturated heterocycles. The fourth-order valence-corrected chi connectivity index (χ4v) is 2.99. The molecule has 0 aliphatic heterocycles. The van der Waals surface area contributed by atoms with E-state index in [4.69, 9.17) is 0 Å². The second-order valence-electron chi connectivity index (χ2n) is 5.08. The minimum atomic E-state index is 0.416. The first-order valence-electron chi connectivity index (χ1n) is 7.02. The lowest BCUT2D eigenvalue weighted by atomic mass is 10.2. The Hall–Kier alpha value is -1.13. The Bertz CT molecular complexity index is 475. The van der Waals surface area contributed by atoms with Gasteiger partial charge in [0.2, 0.25) is 0 Å². The van der Waals surface area contributed by atoms with Crippen LogP contribution in [0.1, 0.15) is 39.7 Å². The molecule has 1 N–H and O–H groups in total. The van der Waals surface area contributed by atoms with Crippen molar-refractivity contribution in [3.63, 3.8) is 0 Å². The smallest absolute Gasteiger partial charge is 0.150 e. The maximum absolute atomic E-state index is 4.49. The molecule has 0 aliphatic carbocycles. The average Bonchev–Trinajstić information content (AvgIpc) is 3.05. The Balaban J connectivity index is 2.00. The van der Waals surface area contributed by atoms with Crippen LogP contribution in [0.25, 0.3) is 10.7 Å². The minimum absolute atomic E-state index is 0.416. The number of thiophene rings is 1. The fourth-order valence-electron chi connectivity index (χ4n) is 2.27. The Labute approximate surface area is 119 Å². The van der Waals surface area contributed by atoms with E-state index in [2.05, 4.69) is 59.3 Å². The summed E-state index contributed by atoms with van der Waals surface area (Å²) < 4.78 is 2.26. The van der Waals surface area contributed by atoms with Gasteiger partial charge >= 0.3 is 0 Å². The number of hydrogen-bond donors (Lipinski definition) is 1. The molecule has 0 amide bonds. The van der Waals surface area contributed by atoms with Crippen molar-refractivity contribution in [3.8, 4) is 10.7 Å². The van der Waals surface area contributed by atoms with E-state index in [0.717, 1.165) is 12.4 Å². The predicted octanol–water partition coefficient (Wildman–Crippen LogP) is 3.95. The van der Waals surface area contributed by atoms with Gasteiger partial charge in [-0.2, -0.15) is 0 Å². The van der Waals surface area contributed by atoms with Crippen LogP contribution < -0.4 is 5.32 Å². The van der Waals surface area contributed by atoms with Crippen molar-refractivity contribution in [1.29, 1.82) is 0 Å². The molecule has 2 heterocycles. The number of hydrogen-bond acceptors (Lipinski definition) is 3. The summed E-state index contributed by atoms with van der Waals surface area (Å²) in [4.78, 5) is 5.72. The molecule has 2 rings (SSSR count). The topological polar surface area (TPSA) is 29.9 Å². The third-order valence-electron chi connectivity index (χ3n) is 3.37. The lowest BCUT2D eigenvalue weighted by molar-refractivity contribution is 0.437. The summed E-state index contributed by atoms with van der Waals surface area (Å²) in [7, 11) is 0. The molecule has 2 aromatic rings. The van der Waals surface area contributed by atoms with Gasteiger partial charge in [0.05, 0.1) is 4.88 Å². The van der Waals surface area contributed by atoms with Crippen molar-refractivity contribution in [2.45, 2.75) is 45.7 Å². The van der Waals surface area contributed by atoms with Crippen LogP contribution in [-0.4, -0.2) is 22.1 Å². The van der Waals surface area contributed by atoms with Gasteiger partial charge in [0.15, 0.2) is 0 Å². The second kappa shape index (κ2) is 6.87. The van der Waals surface area contributed by atoms with E-state index >= 15 is 0 Å². The quantitative estimate of drug-likeness (QED) is 0.830. The summed E-state index contributed by atoms with van der Waals surface area (Å²) in [5, 5.41) is 5.70. The summed E-state index contributed by atoms with van der Waals surface area (Å²) in [6, 6.07) is 5.20. The highest BCUT2D eigenvalue weighted by molar-refractivity contribution is 7.13. The van der Waals surface area contributed by atoms with E-state index < -0.39 is 0 Å². The van der Waals surface area contributed by atoms with Crippen molar-refractivity contribution in [3.05, 3.63) is 29.9 Å². The van der Waals surface area contributed by atoms with Gasteiger partial charge in [0.1, 0.15) is 5.82 Å². The van der Waals surface area contributed by atoms with Crippen LogP contribution in [-0.2, 0) is 0 Å². The van der Waals surface area contributed by atoms with E-state index in [-0.39, 0.29) is 0 Å². The predicted molar refractivity (Wildman–Crippen MR) is 82.6 cm³/mol. The van der Waals surface area contributed by atoms with Crippen molar-refractivity contribution in [1.82, 2.24) is 14.9 Å². The molecule has 2 aromatic heterocycles. The van der Waals surface area contributed by atoms with Crippen molar-refractivity contribution >= 4 is 11.3 Å². The zero-order chi connectivity index (χ0) is 13.7. The van der Waals surface area contributed by atoms with Gasteiger partial charge in [-0.25, -0.2) is 4.98 Å². The molecule has 0 bridgehead atoms. The van der Waals surface area contributed by atoms with Crippen LogP contribution in [0.2, 0.25) is 0 Å². The summed E-state index contributed by atoms with van der Waals surface area (Å²) in [6.45, 7) is 7.71. The third kappa shape index (κ3) is 3.67. The largest absolute Gasteiger partial charge is 0.326 e. The molecular weight excluding hydrogens is 254 g/mol. The van der Waals surface area contributed by atoms with Crippen LogP contribution >= 0.6 is 11.3 Å². The number of nitrogens with one attached hydrogen (secondary N) is 1. The highest BCUT2D eigenvalue weighted by Crippen LogP contribution is 2.25. The third-order valence-corrected chi connectivity index (χ3v) is 4.23. The van der Waals surface area contributed by atoms with Crippen LogP contribution in [0.15, 0.2) is 29.9 Å². The lowest BCUT2D eigenvalue weighted by Crippen LogP contribution is -2.31. The average molecular weight is 277 g/mol. The molecule has 0 spiro atoms. The molecule has 4 heteroatoms. The van der Waals surface area contributed by atoms with Gasteiger partial charge in [-0.1, -0.05) is 19.4 Å². The van der Waals surface area contributed by atoms with E-state index in [9.17, 15) is 0 Å². The summed E-state index contributed by atoms with van der Waals surface area (Å²) in [6.07, 6.45) is 6.43. The maximum atomic E-state index is 4.49. The molecule has 2 unspecified atom stereocenters. The second-order valence-corrected chi connectivity index (χ2v) is 6.03. The zero-order valence-corrected chi connectivity index (χ0v) is 12.8. The van der Waals surface area contributed by atoms with Crippen LogP contribution in [0.3, 0.4) is 0 Å². The highest BCUT2D eigenvalue weighted by Gasteiger charge is 2.12. The van der Waals surface area contributed by atoms with Gasteiger partial charge < -0.3 is 9.88 Å². The lowest BCUT2D eigenvalue weighted by Gasteiger charge is -2.20. The number of aromatic nitrogens is 2. The number of imidazole rings is 1. The molecule has 0 aliphatic rings. The van der Waals surface area contributed by atoms with E-state index in [0.29, 0.717) is 12.1 Å². The van der Waals surface area contributed by atoms with Crippen molar-refractivity contribution in [2.75, 3.05) is 6.54 Å². The Morgan fingerprint density at radius 3 is 2.95 bits per heavy atom. The van der Waals surface area contributed by atoms with Crippen LogP contribution in [0.5, 0.6) is 0 Å². The van der Waals surface area contributed by atoms with Gasteiger partial charge in [-0.15, -0.1) is 11.3 Å². The first-order chi connectivity index (χ1) is 9.22. The van der Waals surface area contributed by atoms with E-state index in [1.807, 2.05) is 6.20 Å². The first-order valence-corrected chi connectivity index (χ1v) is 7.90. The molecule has 0 saturated carbocycles. The van der Waals surface area contributed by atoms with Gasteiger partial charge in [0, 0.05) is 31.0 Å². The number of nitrogens with zero attached hydrogens (tertiary/aromatic N) is 2. The summed E-state index contributed by atoms with van der Waals surface area (Å²) >= 11 is 1.74. The van der Waals surface area contributed by atoms with Crippen LogP contribution in [0.4, 0.5) is 0 Å². The van der Waals surface area contributed by atoms with Gasteiger partial charge in [0.25, 0.3) is 0 Å². The maximum Gasteiger partial charge on any atom is 0.150 e. The van der Waals surface area contributed by atoms with Gasteiger partial charge in [-0.3, -0.25) is 0 Å². The minimum Gasteiger partial charge on any atom is -0.326 e. The molecule has 19 heavy (non-hydrogen) atoms. The zero-order valence-electron chi connectivity index (χ0n) is 12.0. The summed E-state index contributed by atoms with van der Waals surface area (Å²) in [5.74, 6) is 1.08. The van der Waals surface area contributed by atoms with E-state index in [1.165, 1.54) is 17.7 Å². The molecule has 0 fully saturated rings. The van der Waals surface area contributed by atoms with Gasteiger partial charge in [-0.05, 0) is 31.7 Å². The molecule has 2 atom stereocenters. The Morgan fingerprint density at radius 2 is 2.26 bits per heavy atom. The monoisotopic (exact) mass is 277 g/mol. The Kier molecular flexibility index (Phi) is 5.16. The number of rotatable bonds is 7. The molecule has 0 aromatic carbocycles. The van der Waals surface area contributed by atoms with Crippen molar-refractivity contribution < 1.29 is 0 Å². The molecule has 104 valence electrons. The Morgan fingerprint density at radius 1 is 1.42 bits per heavy atom. The molecule has 0 radical (unpaired) electrons. The van der Waals surface area contributed by atoms with E-state index in [1.54, 1.807) is 11.3 Å². The van der Waals surface area contributed by atoms with Crippen LogP contribution in [0, 0.1) is 0 Å². The molecular formula is C15H23N3S. The summed E-state index contributed by atoms with van der Waals surface area (Å²) in [5.41, 5.74) is 0. The highest BCUT2D eigenvalue weighted by atomic mass is 32.1.